The third kappa shape index (κ3) is 6.86. The van der Waals surface area contributed by atoms with Gasteiger partial charge in [-0.25, -0.2) is 4.98 Å². The summed E-state index contributed by atoms with van der Waals surface area (Å²) in [6.07, 6.45) is 6.03. The van der Waals surface area contributed by atoms with E-state index in [0.717, 1.165) is 53.0 Å². The highest BCUT2D eigenvalue weighted by molar-refractivity contribution is 6.02. The number of fused-ring (bicyclic) bond motifs is 1. The van der Waals surface area contributed by atoms with Gasteiger partial charge in [0.1, 0.15) is 11.4 Å². The highest BCUT2D eigenvalue weighted by atomic mass is 16.5. The molecule has 0 unspecified atom stereocenters. The van der Waals surface area contributed by atoms with Gasteiger partial charge in [-0.15, -0.1) is 0 Å². The van der Waals surface area contributed by atoms with E-state index in [1.54, 1.807) is 7.11 Å². The van der Waals surface area contributed by atoms with Gasteiger partial charge in [0.15, 0.2) is 0 Å². The van der Waals surface area contributed by atoms with Crippen LogP contribution in [-0.2, 0) is 11.3 Å². The second kappa shape index (κ2) is 13.9. The number of carboxylic acids is 1. The third-order valence-corrected chi connectivity index (χ3v) is 6.70. The van der Waals surface area contributed by atoms with Gasteiger partial charge in [0.2, 0.25) is 0 Å². The number of hydrogen-bond acceptors (Lipinski definition) is 4. The van der Waals surface area contributed by atoms with E-state index in [1.807, 2.05) is 60.7 Å². The molecular weight excluding hydrogens is 502 g/mol. The van der Waals surface area contributed by atoms with Crippen LogP contribution in [0.4, 0.5) is 0 Å². The van der Waals surface area contributed by atoms with Gasteiger partial charge in [0.05, 0.1) is 24.5 Å². The van der Waals surface area contributed by atoms with Crippen molar-refractivity contribution in [2.75, 3.05) is 7.11 Å². The Hall–Kier alpha value is -4.65. The van der Waals surface area contributed by atoms with Crippen LogP contribution in [0.15, 0.2) is 96.1 Å². The second-order valence-corrected chi connectivity index (χ2v) is 9.52. The molecule has 0 aliphatic heterocycles. The van der Waals surface area contributed by atoms with Crippen LogP contribution in [0.3, 0.4) is 0 Å². The molecule has 0 bridgehead atoms. The predicted octanol–water partition coefficient (Wildman–Crippen LogP) is 7.16. The van der Waals surface area contributed by atoms with Crippen LogP contribution in [0.5, 0.6) is 5.75 Å². The fourth-order valence-corrected chi connectivity index (χ4v) is 4.74. The van der Waals surface area contributed by atoms with Gasteiger partial charge >= 0.3 is 5.97 Å². The fourth-order valence-electron chi connectivity index (χ4n) is 4.74. The minimum Gasteiger partial charge on any atom is -0.497 e. The van der Waals surface area contributed by atoms with Crippen molar-refractivity contribution in [3.8, 4) is 28.1 Å². The van der Waals surface area contributed by atoms with Crippen LogP contribution in [0.1, 0.15) is 44.6 Å². The van der Waals surface area contributed by atoms with Crippen molar-refractivity contribution < 1.29 is 14.6 Å². The van der Waals surface area contributed by atoms with Gasteiger partial charge in [-0.1, -0.05) is 99.0 Å². The average Bonchev–Trinajstić information content (AvgIpc) is 3.31. The highest BCUT2D eigenvalue weighted by Gasteiger charge is 2.23. The molecule has 0 saturated heterocycles. The first-order valence-corrected chi connectivity index (χ1v) is 13.6. The van der Waals surface area contributed by atoms with Crippen molar-refractivity contribution in [2.45, 2.75) is 45.6 Å². The normalized spacial score (nSPS) is 10.7. The second-order valence-electron chi connectivity index (χ2n) is 9.52. The number of aromatic nitrogens is 3. The van der Waals surface area contributed by atoms with E-state index in [0.29, 0.717) is 24.0 Å². The molecule has 2 N–H and O–H groups in total. The van der Waals surface area contributed by atoms with Gasteiger partial charge in [-0.2, -0.15) is 0 Å². The Labute approximate surface area is 234 Å². The zero-order valence-corrected chi connectivity index (χ0v) is 23.0. The monoisotopic (exact) mass is 537 g/mol. The van der Waals surface area contributed by atoms with Gasteiger partial charge in [-0.3, -0.25) is 9.59 Å². The molecule has 206 valence electrons. The molecule has 3 aromatic carbocycles. The van der Waals surface area contributed by atoms with Crippen molar-refractivity contribution in [3.05, 3.63) is 107 Å². The van der Waals surface area contributed by atoms with E-state index in [1.165, 1.54) is 12.7 Å². The first kappa shape index (κ1) is 28.4. The Morgan fingerprint density at radius 1 is 0.900 bits per heavy atom. The van der Waals surface area contributed by atoms with Crippen LogP contribution in [0.25, 0.3) is 33.4 Å². The van der Waals surface area contributed by atoms with E-state index in [-0.39, 0.29) is 5.56 Å². The van der Waals surface area contributed by atoms with Crippen molar-refractivity contribution in [1.82, 2.24) is 14.5 Å². The quantitative estimate of drug-likeness (QED) is 0.184. The Bertz CT molecular complexity index is 1570. The summed E-state index contributed by atoms with van der Waals surface area (Å²) >= 11 is 0. The summed E-state index contributed by atoms with van der Waals surface area (Å²) in [5.74, 6) is 0.0937. The number of H-pyrrole nitrogens is 1. The summed E-state index contributed by atoms with van der Waals surface area (Å²) in [7, 11) is 1.64. The molecular formula is C33H35N3O4. The number of aliphatic carboxylic acids is 1. The maximum absolute atomic E-state index is 13.0. The van der Waals surface area contributed by atoms with Gasteiger partial charge in [0.25, 0.3) is 5.56 Å². The Kier molecular flexibility index (Phi) is 9.88. The highest BCUT2D eigenvalue weighted by Crippen LogP contribution is 2.39. The summed E-state index contributed by atoms with van der Waals surface area (Å²) in [5.41, 5.74) is 5.46. The molecule has 0 amide bonds. The molecule has 0 atom stereocenters. The zero-order valence-electron chi connectivity index (χ0n) is 23.0. The van der Waals surface area contributed by atoms with Gasteiger partial charge < -0.3 is 19.4 Å². The number of nitrogens with zero attached hydrogens (tertiary/aromatic N) is 2. The van der Waals surface area contributed by atoms with Crippen LogP contribution in [0.2, 0.25) is 0 Å². The number of rotatable bonds is 10. The number of benzene rings is 3. The maximum Gasteiger partial charge on any atom is 0.303 e. The largest absolute Gasteiger partial charge is 0.497 e. The van der Waals surface area contributed by atoms with Crippen LogP contribution in [-0.4, -0.2) is 32.7 Å². The topological polar surface area (TPSA) is 97.2 Å². The number of nitrogens with one attached hydrogen (secondary N) is 1. The Morgan fingerprint density at radius 3 is 2.20 bits per heavy atom. The van der Waals surface area contributed by atoms with E-state index >= 15 is 0 Å². The minimum atomic E-state index is -0.675. The van der Waals surface area contributed by atoms with Crippen LogP contribution >= 0.6 is 0 Å². The molecule has 0 fully saturated rings. The SMILES string of the molecule is CCCCCCC(=O)O.COc1ccc(-c2c(-c3ccccc3)n(Cc3ccccc3)c3nc[nH]c(=O)c23)cc1. The molecule has 0 saturated carbocycles. The number of hydrogen-bond donors (Lipinski definition) is 2. The molecule has 40 heavy (non-hydrogen) atoms. The lowest BCUT2D eigenvalue weighted by atomic mass is 9.99. The van der Waals surface area contributed by atoms with Crippen molar-refractivity contribution in [3.63, 3.8) is 0 Å². The van der Waals surface area contributed by atoms with Crippen molar-refractivity contribution in [1.29, 1.82) is 0 Å². The predicted molar refractivity (Wildman–Crippen MR) is 160 cm³/mol. The minimum absolute atomic E-state index is 0.153. The molecule has 2 aromatic heterocycles. The summed E-state index contributed by atoms with van der Waals surface area (Å²) in [6, 6.07) is 28.2. The van der Waals surface area contributed by atoms with Gasteiger partial charge in [-0.05, 0) is 35.2 Å². The first-order chi connectivity index (χ1) is 19.5. The smallest absolute Gasteiger partial charge is 0.303 e. The number of carbonyl (C=O) groups is 1. The number of methoxy groups -OCH3 is 1. The molecule has 2 heterocycles. The Morgan fingerprint density at radius 2 is 1.57 bits per heavy atom. The number of unbranched alkanes of at least 4 members (excludes halogenated alkanes) is 3. The third-order valence-electron chi connectivity index (χ3n) is 6.70. The fraction of sp³-hybridized carbons (Fsp3) is 0.242. The molecule has 0 radical (unpaired) electrons. The molecule has 7 heteroatoms. The summed E-state index contributed by atoms with van der Waals surface area (Å²) in [5, 5.41) is 8.80. The molecule has 5 aromatic rings. The number of ether oxygens (including phenoxy) is 1. The van der Waals surface area contributed by atoms with E-state index in [2.05, 4.69) is 45.7 Å². The number of aromatic amines is 1. The van der Waals surface area contributed by atoms with Crippen LogP contribution < -0.4 is 10.3 Å². The van der Waals surface area contributed by atoms with Crippen molar-refractivity contribution >= 4 is 17.0 Å². The molecule has 0 aliphatic carbocycles. The molecule has 0 spiro atoms. The van der Waals surface area contributed by atoms with E-state index < -0.39 is 5.97 Å². The number of carboxylic acid groups (broad SMARTS) is 1. The summed E-state index contributed by atoms with van der Waals surface area (Å²) in [6.45, 7) is 2.72. The standard InChI is InChI=1S/C26H21N3O2.C7H14O2/c1-31-21-14-12-19(13-15-21)22-23-25(27-17-28-26(23)30)29(16-18-8-4-2-5-9-18)24(22)20-10-6-3-7-11-20;1-2-3-4-5-6-7(8)9/h2-15,17H,16H2,1H3,(H,27,28,30);2-6H2,1H3,(H,8,9). The molecule has 0 aliphatic rings. The summed E-state index contributed by atoms with van der Waals surface area (Å²) in [4.78, 5) is 30.3. The van der Waals surface area contributed by atoms with E-state index in [4.69, 9.17) is 9.84 Å². The molecule has 5 rings (SSSR count). The van der Waals surface area contributed by atoms with Gasteiger partial charge in [0, 0.05) is 18.5 Å². The van der Waals surface area contributed by atoms with Crippen molar-refractivity contribution in [2.24, 2.45) is 0 Å². The lowest BCUT2D eigenvalue weighted by molar-refractivity contribution is -0.137. The zero-order chi connectivity index (χ0) is 28.3. The first-order valence-electron chi connectivity index (χ1n) is 13.6. The average molecular weight is 538 g/mol. The van der Waals surface area contributed by atoms with E-state index in [9.17, 15) is 9.59 Å². The summed E-state index contributed by atoms with van der Waals surface area (Å²) < 4.78 is 7.46. The lowest BCUT2D eigenvalue weighted by Crippen LogP contribution is -2.08. The lowest BCUT2D eigenvalue weighted by Gasteiger charge is -2.13. The molecule has 7 nitrogen and oxygen atoms in total. The Balaban J connectivity index is 0.000000357. The maximum atomic E-state index is 13.0. The van der Waals surface area contributed by atoms with Crippen LogP contribution in [0, 0.1) is 0 Å².